The van der Waals surface area contributed by atoms with E-state index in [1.54, 1.807) is 13.8 Å². The molecule has 0 saturated heterocycles. The number of benzene rings is 2. The Hall–Kier alpha value is -2.69. The Morgan fingerprint density at radius 2 is 1.74 bits per heavy atom. The second-order valence-electron chi connectivity index (χ2n) is 6.83. The highest BCUT2D eigenvalue weighted by atomic mass is 32.2. The molecule has 4 rings (SSSR count). The van der Waals surface area contributed by atoms with Gasteiger partial charge in [-0.1, -0.05) is 25.2 Å². The second-order valence-corrected chi connectivity index (χ2v) is 9.78. The molecule has 164 valence electrons. The maximum absolute atomic E-state index is 12.8. The smallest absolute Gasteiger partial charge is 0.279 e. The van der Waals surface area contributed by atoms with Crippen LogP contribution in [0.5, 0.6) is 11.5 Å². The third kappa shape index (κ3) is 3.86. The molecule has 2 heterocycles. The van der Waals surface area contributed by atoms with Crippen molar-refractivity contribution in [3.8, 4) is 11.5 Å². The summed E-state index contributed by atoms with van der Waals surface area (Å²) in [6.45, 7) is 7.17. The number of thiazole rings is 1. The molecule has 0 saturated carbocycles. The zero-order chi connectivity index (χ0) is 22.2. The van der Waals surface area contributed by atoms with E-state index in [1.165, 1.54) is 39.9 Å². The van der Waals surface area contributed by atoms with Crippen molar-refractivity contribution in [2.75, 3.05) is 19.9 Å². The van der Waals surface area contributed by atoms with Gasteiger partial charge in [-0.25, -0.2) is 8.42 Å². The minimum absolute atomic E-state index is 0.160. The number of aromatic nitrogens is 1. The van der Waals surface area contributed by atoms with Crippen LogP contribution in [-0.2, 0) is 16.6 Å². The van der Waals surface area contributed by atoms with E-state index in [4.69, 9.17) is 9.47 Å². The standard InChI is InChI=1S/C21H23N3O5S2/c1-4-23(5-2)31(26,27)15-9-7-14(8-10-15)20(25)22-21-24(6-3)16-11-17-18(29-13-28-17)12-19(16)30-21/h7-12H,4-6,13H2,1-3H3. The lowest BCUT2D eigenvalue weighted by molar-refractivity contribution is 0.0997. The molecule has 1 aliphatic rings. The Balaban J connectivity index is 1.68. The van der Waals surface area contributed by atoms with Crippen molar-refractivity contribution in [3.63, 3.8) is 0 Å². The highest BCUT2D eigenvalue weighted by Gasteiger charge is 2.22. The maximum Gasteiger partial charge on any atom is 0.279 e. The summed E-state index contributed by atoms with van der Waals surface area (Å²) < 4.78 is 40.4. The van der Waals surface area contributed by atoms with Gasteiger partial charge in [0.15, 0.2) is 16.3 Å². The SMILES string of the molecule is CCN(CC)S(=O)(=O)c1ccc(C(=O)N=c2sc3cc4c(cc3n2CC)OCO4)cc1. The molecule has 2 aromatic carbocycles. The fourth-order valence-electron chi connectivity index (χ4n) is 3.48. The van der Waals surface area contributed by atoms with Crippen LogP contribution >= 0.6 is 11.3 Å². The lowest BCUT2D eigenvalue weighted by Crippen LogP contribution is -2.30. The Bertz CT molecular complexity index is 1300. The fraction of sp³-hybridized carbons (Fsp3) is 0.333. The lowest BCUT2D eigenvalue weighted by atomic mass is 10.2. The highest BCUT2D eigenvalue weighted by Crippen LogP contribution is 2.36. The van der Waals surface area contributed by atoms with Crippen LogP contribution in [0, 0.1) is 0 Å². The first-order valence-corrected chi connectivity index (χ1v) is 12.3. The molecule has 10 heteroatoms. The van der Waals surface area contributed by atoms with Crippen molar-refractivity contribution >= 4 is 37.5 Å². The first kappa shape index (κ1) is 21.5. The van der Waals surface area contributed by atoms with E-state index in [0.717, 1.165) is 10.2 Å². The molecule has 0 spiro atoms. The number of carbonyl (C=O) groups is 1. The number of amides is 1. The first-order chi connectivity index (χ1) is 14.9. The number of nitrogens with zero attached hydrogens (tertiary/aromatic N) is 3. The summed E-state index contributed by atoms with van der Waals surface area (Å²) in [5.74, 6) is 0.927. The Morgan fingerprint density at radius 1 is 1.10 bits per heavy atom. The highest BCUT2D eigenvalue weighted by molar-refractivity contribution is 7.89. The quantitative estimate of drug-likeness (QED) is 0.562. The molecule has 0 N–H and O–H groups in total. The fourth-order valence-corrected chi connectivity index (χ4v) is 6.04. The summed E-state index contributed by atoms with van der Waals surface area (Å²) in [5, 5.41) is 0. The van der Waals surface area contributed by atoms with Gasteiger partial charge in [0.05, 0.1) is 15.1 Å². The van der Waals surface area contributed by atoms with Gasteiger partial charge in [0, 0.05) is 37.3 Å². The van der Waals surface area contributed by atoms with Crippen LogP contribution in [0.15, 0.2) is 46.3 Å². The van der Waals surface area contributed by atoms with Gasteiger partial charge in [-0.15, -0.1) is 0 Å². The molecule has 0 bridgehead atoms. The van der Waals surface area contributed by atoms with Gasteiger partial charge in [-0.05, 0) is 31.2 Å². The van der Waals surface area contributed by atoms with Gasteiger partial charge in [-0.3, -0.25) is 4.79 Å². The van der Waals surface area contributed by atoms with Gasteiger partial charge in [0.25, 0.3) is 5.91 Å². The summed E-state index contributed by atoms with van der Waals surface area (Å²) in [5.41, 5.74) is 1.25. The van der Waals surface area contributed by atoms with Crippen molar-refractivity contribution in [1.82, 2.24) is 8.87 Å². The average Bonchev–Trinajstić information content (AvgIpc) is 3.35. The lowest BCUT2D eigenvalue weighted by Gasteiger charge is -2.18. The van der Waals surface area contributed by atoms with E-state index in [-0.39, 0.29) is 11.7 Å². The molecule has 31 heavy (non-hydrogen) atoms. The third-order valence-corrected chi connectivity index (χ3v) is 8.24. The minimum Gasteiger partial charge on any atom is -0.454 e. The number of hydrogen-bond acceptors (Lipinski definition) is 6. The van der Waals surface area contributed by atoms with Gasteiger partial charge >= 0.3 is 0 Å². The molecule has 8 nitrogen and oxygen atoms in total. The van der Waals surface area contributed by atoms with Crippen molar-refractivity contribution < 1.29 is 22.7 Å². The number of aryl methyl sites for hydroxylation is 1. The van der Waals surface area contributed by atoms with Crippen LogP contribution in [0.4, 0.5) is 0 Å². The van der Waals surface area contributed by atoms with Crippen LogP contribution in [0.1, 0.15) is 31.1 Å². The number of hydrogen-bond donors (Lipinski definition) is 0. The van der Waals surface area contributed by atoms with Gasteiger partial charge in [-0.2, -0.15) is 9.30 Å². The maximum atomic E-state index is 12.8. The summed E-state index contributed by atoms with van der Waals surface area (Å²) >= 11 is 1.39. The topological polar surface area (TPSA) is 90.2 Å². The monoisotopic (exact) mass is 461 g/mol. The van der Waals surface area contributed by atoms with Gasteiger partial charge < -0.3 is 14.0 Å². The molecule has 1 aliphatic heterocycles. The van der Waals surface area contributed by atoms with Crippen LogP contribution in [0.25, 0.3) is 10.2 Å². The van der Waals surface area contributed by atoms with Crippen LogP contribution in [-0.4, -0.2) is 43.1 Å². The molecule has 0 fully saturated rings. The number of rotatable bonds is 6. The van der Waals surface area contributed by atoms with E-state index in [9.17, 15) is 13.2 Å². The Morgan fingerprint density at radius 3 is 2.35 bits per heavy atom. The predicted octanol–water partition coefficient (Wildman–Crippen LogP) is 3.22. The zero-order valence-electron chi connectivity index (χ0n) is 17.5. The van der Waals surface area contributed by atoms with Crippen LogP contribution in [0.2, 0.25) is 0 Å². The molecule has 1 aromatic heterocycles. The minimum atomic E-state index is -3.57. The van der Waals surface area contributed by atoms with Gasteiger partial charge in [0.1, 0.15) is 0 Å². The normalized spacial score (nSPS) is 14.0. The average molecular weight is 462 g/mol. The number of ether oxygens (including phenoxy) is 2. The predicted molar refractivity (Wildman–Crippen MR) is 118 cm³/mol. The van der Waals surface area contributed by atoms with Crippen LogP contribution in [0.3, 0.4) is 0 Å². The molecular formula is C21H23N3O5S2. The zero-order valence-corrected chi connectivity index (χ0v) is 19.1. The van der Waals surface area contributed by atoms with Crippen molar-refractivity contribution in [2.24, 2.45) is 4.99 Å². The largest absolute Gasteiger partial charge is 0.454 e. The van der Waals surface area contributed by atoms with E-state index in [2.05, 4.69) is 4.99 Å². The molecule has 1 amide bonds. The summed E-state index contributed by atoms with van der Waals surface area (Å²) in [4.78, 5) is 17.8. The van der Waals surface area contributed by atoms with E-state index >= 15 is 0 Å². The molecule has 0 atom stereocenters. The first-order valence-electron chi connectivity index (χ1n) is 10.0. The Kier molecular flexibility index (Phi) is 5.87. The van der Waals surface area contributed by atoms with E-state index in [1.807, 2.05) is 23.6 Å². The number of carbonyl (C=O) groups excluding carboxylic acids is 1. The summed E-state index contributed by atoms with van der Waals surface area (Å²) in [6.07, 6.45) is 0. The van der Waals surface area contributed by atoms with E-state index in [0.29, 0.717) is 41.5 Å². The molecule has 0 unspecified atom stereocenters. The van der Waals surface area contributed by atoms with Crippen molar-refractivity contribution in [2.45, 2.75) is 32.2 Å². The molecular weight excluding hydrogens is 438 g/mol. The third-order valence-electron chi connectivity index (χ3n) is 5.13. The van der Waals surface area contributed by atoms with E-state index < -0.39 is 15.9 Å². The van der Waals surface area contributed by atoms with Crippen molar-refractivity contribution in [3.05, 3.63) is 46.8 Å². The number of sulfonamides is 1. The van der Waals surface area contributed by atoms with Crippen LogP contribution < -0.4 is 14.3 Å². The summed E-state index contributed by atoms with van der Waals surface area (Å²) in [7, 11) is -3.57. The molecule has 0 radical (unpaired) electrons. The summed E-state index contributed by atoms with van der Waals surface area (Å²) in [6, 6.07) is 9.70. The molecule has 0 aliphatic carbocycles. The van der Waals surface area contributed by atoms with Gasteiger partial charge in [0.2, 0.25) is 16.8 Å². The second kappa shape index (κ2) is 8.45. The number of fused-ring (bicyclic) bond motifs is 2. The Labute approximate surface area is 184 Å². The van der Waals surface area contributed by atoms with Crippen molar-refractivity contribution in [1.29, 1.82) is 0 Å². The molecule has 3 aromatic rings.